The van der Waals surface area contributed by atoms with Gasteiger partial charge in [0.25, 0.3) is 0 Å². The van der Waals surface area contributed by atoms with Gasteiger partial charge in [-0.1, -0.05) is 85.5 Å². The molecule has 0 aliphatic carbocycles. The number of fused-ring (bicyclic) bond motifs is 3. The SMILES string of the molecule is C=C/C=C(\C=C\C#N)n1c2ccc(-c3ccccc3)cc2c2cc(-c3ccccc3)ccc21. The molecule has 0 fully saturated rings. The highest BCUT2D eigenvalue weighted by Crippen LogP contribution is 2.37. The van der Waals surface area contributed by atoms with Crippen molar-refractivity contribution in [3.63, 3.8) is 0 Å². The van der Waals surface area contributed by atoms with Gasteiger partial charge >= 0.3 is 0 Å². The summed E-state index contributed by atoms with van der Waals surface area (Å²) in [5.74, 6) is 0. The van der Waals surface area contributed by atoms with Crippen LogP contribution >= 0.6 is 0 Å². The molecule has 0 amide bonds. The first-order valence-electron chi connectivity index (χ1n) is 10.9. The summed E-state index contributed by atoms with van der Waals surface area (Å²) in [5, 5.41) is 11.5. The number of hydrogen-bond donors (Lipinski definition) is 0. The van der Waals surface area contributed by atoms with Crippen molar-refractivity contribution in [2.45, 2.75) is 0 Å². The van der Waals surface area contributed by atoms with Crippen LogP contribution in [0.25, 0.3) is 49.8 Å². The number of aromatic nitrogens is 1. The fraction of sp³-hybridized carbons (Fsp3) is 0. The predicted molar refractivity (Wildman–Crippen MR) is 140 cm³/mol. The molecule has 0 atom stereocenters. The van der Waals surface area contributed by atoms with Crippen LogP contribution in [-0.4, -0.2) is 4.57 Å². The fourth-order valence-electron chi connectivity index (χ4n) is 4.37. The molecule has 0 unspecified atom stereocenters. The van der Waals surface area contributed by atoms with Crippen molar-refractivity contribution in [3.8, 4) is 28.3 Å². The van der Waals surface area contributed by atoms with Crippen LogP contribution in [-0.2, 0) is 0 Å². The number of nitriles is 1. The molecule has 0 aliphatic rings. The fourth-order valence-corrected chi connectivity index (χ4v) is 4.37. The molecule has 0 saturated heterocycles. The second-order valence-corrected chi connectivity index (χ2v) is 7.82. The minimum Gasteiger partial charge on any atom is -0.309 e. The van der Waals surface area contributed by atoms with E-state index in [0.717, 1.165) is 16.7 Å². The van der Waals surface area contributed by atoms with E-state index in [1.54, 1.807) is 6.08 Å². The second-order valence-electron chi connectivity index (χ2n) is 7.82. The maximum atomic E-state index is 9.13. The van der Waals surface area contributed by atoms with Crippen LogP contribution < -0.4 is 0 Å². The van der Waals surface area contributed by atoms with Crippen molar-refractivity contribution in [3.05, 3.63) is 128 Å². The lowest BCUT2D eigenvalue weighted by molar-refractivity contribution is 1.24. The molecule has 156 valence electrons. The van der Waals surface area contributed by atoms with Gasteiger partial charge in [0, 0.05) is 22.5 Å². The smallest absolute Gasteiger partial charge is 0.0912 e. The molecule has 2 nitrogen and oxygen atoms in total. The first-order valence-corrected chi connectivity index (χ1v) is 10.9. The molecular weight excluding hydrogens is 400 g/mol. The lowest BCUT2D eigenvalue weighted by atomic mass is 10.0. The summed E-state index contributed by atoms with van der Waals surface area (Å²) >= 11 is 0. The van der Waals surface area contributed by atoms with E-state index in [1.165, 1.54) is 39.1 Å². The van der Waals surface area contributed by atoms with Crippen molar-refractivity contribution in [2.75, 3.05) is 0 Å². The van der Waals surface area contributed by atoms with Crippen LogP contribution in [0.5, 0.6) is 0 Å². The third kappa shape index (κ3) is 3.78. The summed E-state index contributed by atoms with van der Waals surface area (Å²) in [5.41, 5.74) is 7.79. The Morgan fingerprint density at radius 3 is 1.67 bits per heavy atom. The number of hydrogen-bond acceptors (Lipinski definition) is 1. The van der Waals surface area contributed by atoms with E-state index in [4.69, 9.17) is 5.26 Å². The second kappa shape index (κ2) is 8.86. The van der Waals surface area contributed by atoms with Gasteiger partial charge in [0.1, 0.15) is 0 Å². The molecule has 1 aromatic heterocycles. The molecule has 0 radical (unpaired) electrons. The Labute approximate surface area is 193 Å². The molecule has 5 rings (SSSR count). The first kappa shape index (κ1) is 20.3. The number of allylic oxidation sites excluding steroid dienone is 5. The van der Waals surface area contributed by atoms with Crippen LogP contribution in [0.3, 0.4) is 0 Å². The van der Waals surface area contributed by atoms with E-state index in [2.05, 4.69) is 102 Å². The largest absolute Gasteiger partial charge is 0.309 e. The van der Waals surface area contributed by atoms with Gasteiger partial charge in [0.05, 0.1) is 17.1 Å². The third-order valence-corrected chi connectivity index (χ3v) is 5.85. The quantitative estimate of drug-likeness (QED) is 0.207. The van der Waals surface area contributed by atoms with E-state index in [0.29, 0.717) is 0 Å². The van der Waals surface area contributed by atoms with E-state index in [9.17, 15) is 0 Å². The zero-order chi connectivity index (χ0) is 22.6. The van der Waals surface area contributed by atoms with Crippen LogP contribution in [0.2, 0.25) is 0 Å². The van der Waals surface area contributed by atoms with Crippen molar-refractivity contribution in [2.24, 2.45) is 0 Å². The average molecular weight is 423 g/mol. The lowest BCUT2D eigenvalue weighted by Crippen LogP contribution is -1.94. The van der Waals surface area contributed by atoms with Crippen LogP contribution in [0.1, 0.15) is 0 Å². The summed E-state index contributed by atoms with van der Waals surface area (Å²) in [7, 11) is 0. The summed E-state index contributed by atoms with van der Waals surface area (Å²) in [6.07, 6.45) is 7.02. The molecule has 0 N–H and O–H groups in total. The molecule has 33 heavy (non-hydrogen) atoms. The van der Waals surface area contributed by atoms with Crippen molar-refractivity contribution in [1.29, 1.82) is 5.26 Å². The van der Waals surface area contributed by atoms with E-state index < -0.39 is 0 Å². The van der Waals surface area contributed by atoms with Crippen molar-refractivity contribution >= 4 is 27.5 Å². The Morgan fingerprint density at radius 1 is 0.697 bits per heavy atom. The van der Waals surface area contributed by atoms with Gasteiger partial charge < -0.3 is 4.57 Å². The summed E-state index contributed by atoms with van der Waals surface area (Å²) in [4.78, 5) is 0. The summed E-state index contributed by atoms with van der Waals surface area (Å²) < 4.78 is 2.20. The zero-order valence-corrected chi connectivity index (χ0v) is 18.1. The highest BCUT2D eigenvalue weighted by Gasteiger charge is 2.14. The normalized spacial score (nSPS) is 11.8. The van der Waals surface area contributed by atoms with Crippen molar-refractivity contribution in [1.82, 2.24) is 4.57 Å². The standard InChI is InChI=1S/C31H22N2/c1-2-10-27(15-9-20-32)33-30-18-16-25(23-11-5-3-6-12-23)21-28(30)29-22-26(17-19-31(29)33)24-13-7-4-8-14-24/h2-19,21-22H,1H2/b15-9+,27-10+. The van der Waals surface area contributed by atoms with Crippen LogP contribution in [0, 0.1) is 11.3 Å². The van der Waals surface area contributed by atoms with Crippen molar-refractivity contribution < 1.29 is 0 Å². The van der Waals surface area contributed by atoms with Gasteiger partial charge in [-0.15, -0.1) is 0 Å². The highest BCUT2D eigenvalue weighted by molar-refractivity contribution is 6.12. The minimum atomic E-state index is 0.895. The molecule has 0 spiro atoms. The monoisotopic (exact) mass is 422 g/mol. The van der Waals surface area contributed by atoms with Gasteiger partial charge in [-0.05, 0) is 58.7 Å². The molecule has 5 aromatic rings. The molecule has 4 aromatic carbocycles. The maximum absolute atomic E-state index is 9.13. The molecule has 1 heterocycles. The third-order valence-electron chi connectivity index (χ3n) is 5.85. The average Bonchev–Trinajstić information content (AvgIpc) is 3.20. The molecule has 0 saturated carbocycles. The zero-order valence-electron chi connectivity index (χ0n) is 18.1. The number of rotatable bonds is 5. The van der Waals surface area contributed by atoms with Gasteiger partial charge in [-0.3, -0.25) is 0 Å². The van der Waals surface area contributed by atoms with Crippen LogP contribution in [0.4, 0.5) is 0 Å². The van der Waals surface area contributed by atoms with E-state index in [-0.39, 0.29) is 0 Å². The Hall–Kier alpha value is -4.61. The maximum Gasteiger partial charge on any atom is 0.0912 e. The number of benzene rings is 4. The molecule has 2 heteroatoms. The number of nitrogens with zero attached hydrogens (tertiary/aromatic N) is 2. The van der Waals surface area contributed by atoms with Gasteiger partial charge in [-0.2, -0.15) is 5.26 Å². The van der Waals surface area contributed by atoms with Gasteiger partial charge in [0.15, 0.2) is 0 Å². The topological polar surface area (TPSA) is 28.7 Å². The van der Waals surface area contributed by atoms with Crippen LogP contribution in [0.15, 0.2) is 128 Å². The lowest BCUT2D eigenvalue weighted by Gasteiger charge is -2.09. The Bertz CT molecular complexity index is 1460. The molecule has 0 aliphatic heterocycles. The predicted octanol–water partition coefficient (Wildman–Crippen LogP) is 8.24. The Morgan fingerprint density at radius 2 is 1.21 bits per heavy atom. The summed E-state index contributed by atoms with van der Waals surface area (Å²) in [6.45, 7) is 3.88. The molecular formula is C31H22N2. The highest BCUT2D eigenvalue weighted by atomic mass is 15.0. The molecule has 0 bridgehead atoms. The van der Waals surface area contributed by atoms with Gasteiger partial charge in [-0.25, -0.2) is 0 Å². The Balaban J connectivity index is 1.84. The van der Waals surface area contributed by atoms with Gasteiger partial charge in [0.2, 0.25) is 0 Å². The minimum absolute atomic E-state index is 0.895. The Kier molecular flexibility index (Phi) is 5.45. The van der Waals surface area contributed by atoms with E-state index >= 15 is 0 Å². The summed E-state index contributed by atoms with van der Waals surface area (Å²) in [6, 6.07) is 36.1. The van der Waals surface area contributed by atoms with E-state index in [1.807, 2.05) is 24.3 Å². The first-order chi connectivity index (χ1) is 16.3.